The molecule has 0 amide bonds. The first kappa shape index (κ1) is 10.6. The summed E-state index contributed by atoms with van der Waals surface area (Å²) in [6, 6.07) is 0.424. The Balaban J connectivity index is 1.32. The second-order valence-corrected chi connectivity index (χ2v) is 5.85. The van der Waals surface area contributed by atoms with Gasteiger partial charge in [-0.15, -0.1) is 0 Å². The maximum Gasteiger partial charge on any atom is 0.249 e. The minimum Gasteiger partial charge on any atom is -0.296 e. The lowest BCUT2D eigenvalue weighted by molar-refractivity contribution is -0.198. The van der Waals surface area contributed by atoms with Gasteiger partial charge >= 0.3 is 0 Å². The van der Waals surface area contributed by atoms with Crippen LogP contribution in [0.3, 0.4) is 0 Å². The molecule has 0 aliphatic heterocycles. The summed E-state index contributed by atoms with van der Waals surface area (Å²) < 4.78 is 25.5. The molecule has 4 heteroatoms. The highest BCUT2D eigenvalue weighted by Gasteiger charge is 2.61. The molecule has 90 valence electrons. The molecule has 3 saturated carbocycles. The van der Waals surface area contributed by atoms with Crippen molar-refractivity contribution in [2.45, 2.75) is 50.5 Å². The van der Waals surface area contributed by atoms with Gasteiger partial charge in [-0.25, -0.2) is 8.78 Å². The van der Waals surface area contributed by atoms with Crippen molar-refractivity contribution < 1.29 is 8.78 Å². The molecule has 1 N–H and O–H groups in total. The van der Waals surface area contributed by atoms with E-state index in [0.717, 1.165) is 18.8 Å². The quantitative estimate of drug-likeness (QED) is 0.735. The van der Waals surface area contributed by atoms with Gasteiger partial charge < -0.3 is 0 Å². The van der Waals surface area contributed by atoms with Gasteiger partial charge in [0.2, 0.25) is 5.92 Å². The third-order valence-electron chi connectivity index (χ3n) is 4.04. The zero-order valence-electron chi connectivity index (χ0n) is 9.38. The molecule has 0 aromatic heterocycles. The van der Waals surface area contributed by atoms with Crippen molar-refractivity contribution in [2.75, 3.05) is 6.67 Å². The van der Waals surface area contributed by atoms with Crippen molar-refractivity contribution in [2.24, 2.45) is 16.3 Å². The normalized spacial score (nSPS) is 31.6. The molecule has 0 aromatic rings. The van der Waals surface area contributed by atoms with E-state index >= 15 is 0 Å². The van der Waals surface area contributed by atoms with Crippen LogP contribution in [0.15, 0.2) is 4.99 Å². The zero-order valence-corrected chi connectivity index (χ0v) is 9.38. The molecule has 3 fully saturated rings. The van der Waals surface area contributed by atoms with Crippen molar-refractivity contribution in [3.05, 3.63) is 0 Å². The minimum atomic E-state index is -2.37. The molecule has 0 heterocycles. The molecule has 0 aromatic carbocycles. The molecule has 0 atom stereocenters. The second-order valence-electron chi connectivity index (χ2n) is 5.85. The van der Waals surface area contributed by atoms with Crippen LogP contribution in [-0.4, -0.2) is 24.8 Å². The molecule has 2 nitrogen and oxygen atoms in total. The van der Waals surface area contributed by atoms with Gasteiger partial charge in [0.1, 0.15) is 0 Å². The summed E-state index contributed by atoms with van der Waals surface area (Å²) in [5.74, 6) is -1.64. The van der Waals surface area contributed by atoms with Gasteiger partial charge in [0.15, 0.2) is 0 Å². The molecule has 0 unspecified atom stereocenters. The lowest BCUT2D eigenvalue weighted by Gasteiger charge is -2.57. The molecule has 16 heavy (non-hydrogen) atoms. The molecule has 3 aliphatic rings. The van der Waals surface area contributed by atoms with E-state index in [-0.39, 0.29) is 18.3 Å². The Bertz CT molecular complexity index is 294. The number of hydrogen-bond acceptors (Lipinski definition) is 2. The Morgan fingerprint density at radius 2 is 1.94 bits per heavy atom. The van der Waals surface area contributed by atoms with Crippen LogP contribution in [0, 0.1) is 11.3 Å². The minimum absolute atomic E-state index is 0.0125. The van der Waals surface area contributed by atoms with Crippen LogP contribution in [0.2, 0.25) is 0 Å². The van der Waals surface area contributed by atoms with Crippen molar-refractivity contribution in [3.63, 3.8) is 0 Å². The molecule has 0 bridgehead atoms. The Labute approximate surface area is 94.5 Å². The summed E-state index contributed by atoms with van der Waals surface area (Å²) in [6.45, 7) is 0.660. The van der Waals surface area contributed by atoms with Crippen molar-refractivity contribution in [3.8, 4) is 0 Å². The number of halogens is 2. The van der Waals surface area contributed by atoms with Gasteiger partial charge in [0, 0.05) is 25.1 Å². The summed E-state index contributed by atoms with van der Waals surface area (Å²) in [4.78, 5) is 4.29. The van der Waals surface area contributed by atoms with E-state index in [2.05, 4.69) is 10.3 Å². The predicted molar refractivity (Wildman–Crippen MR) is 58.9 cm³/mol. The number of hydrogen-bond donors (Lipinski definition) is 1. The van der Waals surface area contributed by atoms with Crippen LogP contribution in [0.25, 0.3) is 0 Å². The predicted octanol–water partition coefficient (Wildman–Crippen LogP) is 2.59. The average Bonchev–Trinajstić information content (AvgIpc) is 2.88. The van der Waals surface area contributed by atoms with E-state index in [1.165, 1.54) is 12.8 Å². The largest absolute Gasteiger partial charge is 0.296 e. The van der Waals surface area contributed by atoms with Crippen molar-refractivity contribution in [1.82, 2.24) is 5.32 Å². The lowest BCUT2D eigenvalue weighted by Crippen LogP contribution is -2.59. The van der Waals surface area contributed by atoms with E-state index in [1.54, 1.807) is 0 Å². The Morgan fingerprint density at radius 1 is 1.25 bits per heavy atom. The van der Waals surface area contributed by atoms with Gasteiger partial charge in [0.25, 0.3) is 0 Å². The zero-order chi connectivity index (χ0) is 11.2. The average molecular weight is 228 g/mol. The Morgan fingerprint density at radius 3 is 2.50 bits per heavy atom. The molecule has 3 rings (SSSR count). The number of aliphatic imine (C=N–C) groups is 1. The maximum absolute atomic E-state index is 12.7. The van der Waals surface area contributed by atoms with E-state index < -0.39 is 5.92 Å². The SMILES string of the molecule is FC1(F)CC2(CC(NC/N=C/C3CC3)C2)C1. The summed E-state index contributed by atoms with van der Waals surface area (Å²) in [6.07, 6.45) is 6.66. The van der Waals surface area contributed by atoms with Crippen molar-refractivity contribution >= 4 is 6.21 Å². The van der Waals surface area contributed by atoms with Crippen LogP contribution < -0.4 is 5.32 Å². The monoisotopic (exact) mass is 228 g/mol. The number of nitrogens with one attached hydrogen (secondary N) is 1. The van der Waals surface area contributed by atoms with Crippen LogP contribution >= 0.6 is 0 Å². The van der Waals surface area contributed by atoms with Crippen molar-refractivity contribution in [1.29, 1.82) is 0 Å². The standard InChI is InChI=1S/C12H18F2N2/c13-12(14)6-11(7-12)3-10(4-11)16-8-15-5-9-1-2-9/h5,9-10,16H,1-4,6-8H2/b15-5+. The number of nitrogens with zero attached hydrogens (tertiary/aromatic N) is 1. The van der Waals surface area contributed by atoms with Crippen LogP contribution in [-0.2, 0) is 0 Å². The maximum atomic E-state index is 12.7. The topological polar surface area (TPSA) is 24.4 Å². The van der Waals surface area contributed by atoms with E-state index in [0.29, 0.717) is 12.7 Å². The highest BCUT2D eigenvalue weighted by molar-refractivity contribution is 5.63. The van der Waals surface area contributed by atoms with Crippen LogP contribution in [0.5, 0.6) is 0 Å². The molecular weight excluding hydrogens is 210 g/mol. The molecule has 0 saturated heterocycles. The smallest absolute Gasteiger partial charge is 0.249 e. The first-order valence-electron chi connectivity index (χ1n) is 6.18. The lowest BCUT2D eigenvalue weighted by atomic mass is 9.52. The first-order valence-corrected chi connectivity index (χ1v) is 6.18. The van der Waals surface area contributed by atoms with Gasteiger partial charge in [-0.2, -0.15) is 0 Å². The van der Waals surface area contributed by atoms with Gasteiger partial charge in [0.05, 0.1) is 6.67 Å². The molecule has 3 aliphatic carbocycles. The Kier molecular flexibility index (Phi) is 2.32. The van der Waals surface area contributed by atoms with E-state index in [1.807, 2.05) is 6.21 Å². The van der Waals surface area contributed by atoms with Gasteiger partial charge in [-0.1, -0.05) is 0 Å². The highest BCUT2D eigenvalue weighted by Crippen LogP contribution is 2.62. The van der Waals surface area contributed by atoms with E-state index in [4.69, 9.17) is 0 Å². The van der Waals surface area contributed by atoms with Gasteiger partial charge in [-0.3, -0.25) is 10.3 Å². The number of rotatable bonds is 4. The van der Waals surface area contributed by atoms with E-state index in [9.17, 15) is 8.78 Å². The fourth-order valence-electron chi connectivity index (χ4n) is 3.09. The Hall–Kier alpha value is -0.510. The van der Waals surface area contributed by atoms with Gasteiger partial charge in [-0.05, 0) is 37.0 Å². The highest BCUT2D eigenvalue weighted by atomic mass is 19.3. The summed E-state index contributed by atoms with van der Waals surface area (Å²) in [5.41, 5.74) is -0.0125. The second kappa shape index (κ2) is 3.49. The fraction of sp³-hybridized carbons (Fsp3) is 0.917. The summed E-state index contributed by atoms with van der Waals surface area (Å²) in [5, 5.41) is 3.31. The molecule has 1 spiro atoms. The molecule has 0 radical (unpaired) electrons. The summed E-state index contributed by atoms with van der Waals surface area (Å²) in [7, 11) is 0. The molecular formula is C12H18F2N2. The fourth-order valence-corrected chi connectivity index (χ4v) is 3.09. The third-order valence-corrected chi connectivity index (χ3v) is 4.04. The first-order chi connectivity index (χ1) is 7.57. The van der Waals surface area contributed by atoms with Crippen LogP contribution in [0.4, 0.5) is 8.78 Å². The third kappa shape index (κ3) is 2.12. The number of alkyl halides is 2. The van der Waals surface area contributed by atoms with Crippen LogP contribution in [0.1, 0.15) is 38.5 Å². The summed E-state index contributed by atoms with van der Waals surface area (Å²) >= 11 is 0.